The van der Waals surface area contributed by atoms with Crippen molar-refractivity contribution < 1.29 is 35.9 Å². The molecule has 0 bridgehead atoms. The van der Waals surface area contributed by atoms with Gasteiger partial charge in [-0.3, -0.25) is 4.79 Å². The van der Waals surface area contributed by atoms with Crippen molar-refractivity contribution in [1.82, 2.24) is 8.96 Å². The van der Waals surface area contributed by atoms with Crippen LogP contribution in [0.2, 0.25) is 10.2 Å². The average Bonchev–Trinajstić information content (AvgIpc) is 3.24. The van der Waals surface area contributed by atoms with Crippen LogP contribution >= 0.6 is 23.2 Å². The van der Waals surface area contributed by atoms with Crippen molar-refractivity contribution in [2.45, 2.75) is 44.4 Å². The molecule has 0 saturated carbocycles. The van der Waals surface area contributed by atoms with E-state index in [0.717, 1.165) is 18.3 Å². The quantitative estimate of drug-likeness (QED) is 0.136. The van der Waals surface area contributed by atoms with Crippen LogP contribution in [0.25, 0.3) is 10.9 Å². The van der Waals surface area contributed by atoms with E-state index in [1.54, 1.807) is 26.8 Å². The second kappa shape index (κ2) is 10.2. The number of nitrogens with zero attached hydrogens (tertiary/aromatic N) is 2. The number of carbonyl (C=O) groups is 2. The second-order valence-electron chi connectivity index (χ2n) is 9.82. The fraction of sp³-hybridized carbons (Fsp3) is 0.222. The summed E-state index contributed by atoms with van der Waals surface area (Å²) in [5, 5.41) is -0.843. The lowest BCUT2D eigenvalue weighted by molar-refractivity contribution is -0.137. The molecule has 13 heteroatoms. The van der Waals surface area contributed by atoms with Gasteiger partial charge in [0.1, 0.15) is 16.4 Å². The largest absolute Gasteiger partial charge is 0.456 e. The molecule has 7 nitrogen and oxygen atoms in total. The van der Waals surface area contributed by atoms with Crippen molar-refractivity contribution in [3.63, 3.8) is 0 Å². The molecule has 210 valence electrons. The first-order chi connectivity index (χ1) is 18.4. The predicted octanol–water partition coefficient (Wildman–Crippen LogP) is 7.09. The molecule has 2 heterocycles. The lowest BCUT2D eigenvalue weighted by atomic mass is 10.1. The summed E-state index contributed by atoms with van der Waals surface area (Å²) in [6.45, 7) is 6.19. The number of fused-ring (bicyclic) bond motifs is 1. The zero-order valence-electron chi connectivity index (χ0n) is 21.4. The molecule has 0 N–H and O–H groups in total. The Morgan fingerprint density at radius 3 is 2.20 bits per heavy atom. The summed E-state index contributed by atoms with van der Waals surface area (Å²) in [5.74, 6) is -2.00. The predicted molar refractivity (Wildman–Crippen MR) is 144 cm³/mol. The summed E-state index contributed by atoms with van der Waals surface area (Å²) in [6.07, 6.45) is -3.79. The van der Waals surface area contributed by atoms with E-state index in [2.05, 4.69) is 4.98 Å². The number of aryl methyl sites for hydroxylation is 1. The number of pyridine rings is 1. The van der Waals surface area contributed by atoms with Crippen molar-refractivity contribution in [3.05, 3.63) is 92.9 Å². The smallest absolute Gasteiger partial charge is 0.416 e. The van der Waals surface area contributed by atoms with E-state index in [1.807, 2.05) is 0 Å². The lowest BCUT2D eigenvalue weighted by Crippen LogP contribution is -2.25. The number of rotatable bonds is 5. The minimum Gasteiger partial charge on any atom is -0.456 e. The van der Waals surface area contributed by atoms with Crippen LogP contribution in [0.4, 0.5) is 13.2 Å². The molecule has 0 aliphatic heterocycles. The van der Waals surface area contributed by atoms with Crippen LogP contribution in [0.5, 0.6) is 0 Å². The van der Waals surface area contributed by atoms with Crippen LogP contribution in [0.15, 0.2) is 59.6 Å². The number of hydrogen-bond acceptors (Lipinski definition) is 6. The van der Waals surface area contributed by atoms with E-state index in [-0.39, 0.29) is 26.9 Å². The lowest BCUT2D eigenvalue weighted by Gasteiger charge is -2.20. The number of aromatic nitrogens is 2. The van der Waals surface area contributed by atoms with Crippen LogP contribution in [-0.4, -0.2) is 34.7 Å². The van der Waals surface area contributed by atoms with Crippen molar-refractivity contribution >= 4 is 55.9 Å². The molecule has 0 unspecified atom stereocenters. The van der Waals surface area contributed by atoms with E-state index >= 15 is 0 Å². The van der Waals surface area contributed by atoms with Crippen LogP contribution in [0.3, 0.4) is 0 Å². The van der Waals surface area contributed by atoms with Crippen molar-refractivity contribution in [1.29, 1.82) is 0 Å². The molecular formula is C27H21Cl2F3N2O5S. The molecule has 0 spiro atoms. The third-order valence-electron chi connectivity index (χ3n) is 5.74. The number of benzene rings is 2. The van der Waals surface area contributed by atoms with Gasteiger partial charge < -0.3 is 4.74 Å². The highest BCUT2D eigenvalue weighted by atomic mass is 35.5. The van der Waals surface area contributed by atoms with Gasteiger partial charge in [0.2, 0.25) is 5.78 Å². The number of ether oxygens (including phenoxy) is 1. The molecule has 0 amide bonds. The molecule has 4 rings (SSSR count). The van der Waals surface area contributed by atoms with Gasteiger partial charge in [0.05, 0.1) is 32.1 Å². The molecule has 0 fully saturated rings. The maximum absolute atomic E-state index is 13.9. The standard InChI is InChI=1S/C27H21Cl2F3N2O5S/c1-14-10-15(27(30,31)32)11-19-17(14)12-20(34(19)40(37,38)16-8-6-5-7-9-16)23(35)21-22(28)18(13-33-24(21)29)25(36)39-26(2,3)4/h5-13H,1-4H3. The Morgan fingerprint density at radius 2 is 1.62 bits per heavy atom. The van der Waals surface area contributed by atoms with Crippen LogP contribution < -0.4 is 0 Å². The molecule has 2 aromatic carbocycles. The maximum atomic E-state index is 13.9. The minimum atomic E-state index is -4.80. The Morgan fingerprint density at radius 1 is 1.00 bits per heavy atom. The second-order valence-corrected chi connectivity index (χ2v) is 12.3. The van der Waals surface area contributed by atoms with E-state index in [1.165, 1.54) is 31.2 Å². The first-order valence-electron chi connectivity index (χ1n) is 11.6. The molecule has 0 atom stereocenters. The van der Waals surface area contributed by atoms with Gasteiger partial charge in [-0.05, 0) is 63.6 Å². The first-order valence-corrected chi connectivity index (χ1v) is 13.8. The van der Waals surface area contributed by atoms with Crippen molar-refractivity contribution in [3.8, 4) is 0 Å². The van der Waals surface area contributed by atoms with Crippen molar-refractivity contribution in [2.75, 3.05) is 0 Å². The fourth-order valence-corrected chi connectivity index (χ4v) is 6.10. The normalized spacial score (nSPS) is 12.5. The number of ketones is 1. The van der Waals surface area contributed by atoms with E-state index < -0.39 is 60.5 Å². The Labute approximate surface area is 237 Å². The summed E-state index contributed by atoms with van der Waals surface area (Å²) in [6, 6.07) is 9.52. The molecule has 0 radical (unpaired) electrons. The van der Waals surface area contributed by atoms with Gasteiger partial charge in [0.25, 0.3) is 10.0 Å². The van der Waals surface area contributed by atoms with Gasteiger partial charge in [0.15, 0.2) is 0 Å². The number of esters is 1. The molecule has 0 aliphatic rings. The zero-order valence-corrected chi connectivity index (χ0v) is 23.8. The summed E-state index contributed by atoms with van der Waals surface area (Å²) >= 11 is 12.6. The topological polar surface area (TPSA) is 95.3 Å². The van der Waals surface area contributed by atoms with Crippen LogP contribution in [0.1, 0.15) is 58.3 Å². The van der Waals surface area contributed by atoms with Gasteiger partial charge >= 0.3 is 12.1 Å². The summed E-state index contributed by atoms with van der Waals surface area (Å²) in [4.78, 5) is 30.2. The van der Waals surface area contributed by atoms with Gasteiger partial charge in [-0.2, -0.15) is 13.2 Å². The van der Waals surface area contributed by atoms with Crippen molar-refractivity contribution in [2.24, 2.45) is 0 Å². The SMILES string of the molecule is Cc1cc(C(F)(F)F)cc2c1cc(C(=O)c1c(Cl)ncc(C(=O)OC(C)(C)C)c1Cl)n2S(=O)(=O)c1ccccc1. The fourth-order valence-electron chi connectivity index (χ4n) is 4.00. The molecule has 2 aromatic heterocycles. The number of alkyl halides is 3. The Bertz CT molecular complexity index is 1780. The third-order valence-corrected chi connectivity index (χ3v) is 8.16. The van der Waals surface area contributed by atoms with E-state index in [9.17, 15) is 31.2 Å². The molecule has 0 aliphatic carbocycles. The summed E-state index contributed by atoms with van der Waals surface area (Å²) in [7, 11) is -4.63. The van der Waals surface area contributed by atoms with Gasteiger partial charge in [-0.1, -0.05) is 41.4 Å². The maximum Gasteiger partial charge on any atom is 0.416 e. The molecule has 4 aromatic rings. The molecule has 0 saturated heterocycles. The van der Waals surface area contributed by atoms with E-state index in [4.69, 9.17) is 27.9 Å². The van der Waals surface area contributed by atoms with Gasteiger partial charge in [-0.25, -0.2) is 22.2 Å². The van der Waals surface area contributed by atoms with Crippen LogP contribution in [-0.2, 0) is 20.9 Å². The number of carbonyl (C=O) groups excluding carboxylic acids is 2. The average molecular weight is 613 g/mol. The Hall–Kier alpha value is -3.41. The monoisotopic (exact) mass is 612 g/mol. The highest BCUT2D eigenvalue weighted by Crippen LogP contribution is 2.38. The van der Waals surface area contributed by atoms with Gasteiger partial charge in [-0.15, -0.1) is 0 Å². The zero-order chi connectivity index (χ0) is 29.8. The summed E-state index contributed by atoms with van der Waals surface area (Å²) in [5.41, 5.74) is -3.74. The molecular weight excluding hydrogens is 592 g/mol. The number of halogens is 5. The highest BCUT2D eigenvalue weighted by Gasteiger charge is 2.35. The van der Waals surface area contributed by atoms with Crippen LogP contribution in [0, 0.1) is 6.92 Å². The van der Waals surface area contributed by atoms with E-state index in [0.29, 0.717) is 10.0 Å². The van der Waals surface area contributed by atoms with Gasteiger partial charge in [0, 0.05) is 11.6 Å². The highest BCUT2D eigenvalue weighted by molar-refractivity contribution is 7.90. The third kappa shape index (κ3) is 5.45. The summed E-state index contributed by atoms with van der Waals surface area (Å²) < 4.78 is 74.6. The first kappa shape index (κ1) is 29.6. The Kier molecular flexibility index (Phi) is 7.55. The number of hydrogen-bond donors (Lipinski definition) is 0. The minimum absolute atomic E-state index is 0.0683. The Balaban J connectivity index is 2.05. The molecule has 40 heavy (non-hydrogen) atoms.